The maximum Gasteiger partial charge on any atom is 0.241 e. The maximum atomic E-state index is 12.0. The van der Waals surface area contributed by atoms with Crippen molar-refractivity contribution in [1.29, 1.82) is 0 Å². The fourth-order valence-corrected chi connectivity index (χ4v) is 3.59. The van der Waals surface area contributed by atoms with E-state index in [0.717, 1.165) is 25.8 Å². The molecule has 0 bridgehead atoms. The van der Waals surface area contributed by atoms with Crippen LogP contribution in [0.15, 0.2) is 24.3 Å². The molecule has 22 heavy (non-hydrogen) atoms. The van der Waals surface area contributed by atoms with Crippen molar-refractivity contribution >= 4 is 27.3 Å². The molecule has 0 spiro atoms. The second kappa shape index (κ2) is 7.60. The highest BCUT2D eigenvalue weighted by molar-refractivity contribution is 7.92. The summed E-state index contributed by atoms with van der Waals surface area (Å²) in [4.78, 5) is 12.0. The highest BCUT2D eigenvalue weighted by Crippen LogP contribution is 2.16. The molecule has 1 aromatic rings. The standard InChI is InChI=1S/C15H23N3O3S/c1-2-3-11-22(20,21)18-13-8-6-12(7-9-13)17-15(19)14-5-4-10-16-14/h6-9,14,16,18H,2-5,10-11H2,1H3,(H,17,19). The van der Waals surface area contributed by atoms with E-state index in [-0.39, 0.29) is 17.7 Å². The molecular weight excluding hydrogens is 302 g/mol. The molecule has 122 valence electrons. The number of hydrogen-bond acceptors (Lipinski definition) is 4. The first-order chi connectivity index (χ1) is 10.5. The van der Waals surface area contributed by atoms with Crippen LogP contribution in [0.4, 0.5) is 11.4 Å². The van der Waals surface area contributed by atoms with Crippen LogP contribution in [0.1, 0.15) is 32.6 Å². The average Bonchev–Trinajstić information content (AvgIpc) is 3.01. The summed E-state index contributed by atoms with van der Waals surface area (Å²) in [5.74, 6) is 0.0729. The van der Waals surface area contributed by atoms with Gasteiger partial charge in [-0.1, -0.05) is 13.3 Å². The number of amides is 1. The first-order valence-electron chi connectivity index (χ1n) is 7.65. The SMILES string of the molecule is CCCCS(=O)(=O)Nc1ccc(NC(=O)C2CCCN2)cc1. The summed E-state index contributed by atoms with van der Waals surface area (Å²) in [7, 11) is -3.29. The van der Waals surface area contributed by atoms with Gasteiger partial charge in [0.05, 0.1) is 11.8 Å². The van der Waals surface area contributed by atoms with Gasteiger partial charge in [-0.05, 0) is 50.1 Å². The third-order valence-corrected chi connectivity index (χ3v) is 4.94. The van der Waals surface area contributed by atoms with Crippen molar-refractivity contribution in [1.82, 2.24) is 5.32 Å². The van der Waals surface area contributed by atoms with E-state index in [1.165, 1.54) is 0 Å². The van der Waals surface area contributed by atoms with E-state index in [0.29, 0.717) is 17.8 Å². The lowest BCUT2D eigenvalue weighted by Gasteiger charge is -2.12. The van der Waals surface area contributed by atoms with Crippen LogP contribution in [-0.2, 0) is 14.8 Å². The lowest BCUT2D eigenvalue weighted by Crippen LogP contribution is -2.35. The summed E-state index contributed by atoms with van der Waals surface area (Å²) < 4.78 is 26.1. The van der Waals surface area contributed by atoms with Crippen molar-refractivity contribution in [2.75, 3.05) is 22.3 Å². The van der Waals surface area contributed by atoms with Crippen molar-refractivity contribution < 1.29 is 13.2 Å². The van der Waals surface area contributed by atoms with E-state index < -0.39 is 10.0 Å². The van der Waals surface area contributed by atoms with E-state index in [9.17, 15) is 13.2 Å². The summed E-state index contributed by atoms with van der Waals surface area (Å²) in [5, 5.41) is 5.96. The molecule has 1 atom stereocenters. The van der Waals surface area contributed by atoms with Gasteiger partial charge in [0, 0.05) is 11.4 Å². The number of carbonyl (C=O) groups is 1. The highest BCUT2D eigenvalue weighted by Gasteiger charge is 2.21. The third kappa shape index (κ3) is 4.99. The van der Waals surface area contributed by atoms with Crippen LogP contribution >= 0.6 is 0 Å². The molecule has 1 unspecified atom stereocenters. The van der Waals surface area contributed by atoms with Gasteiger partial charge in [-0.25, -0.2) is 8.42 Å². The molecule has 1 fully saturated rings. The van der Waals surface area contributed by atoms with Gasteiger partial charge < -0.3 is 10.6 Å². The summed E-state index contributed by atoms with van der Waals surface area (Å²) in [5.41, 5.74) is 1.17. The molecule has 1 saturated heterocycles. The molecule has 2 rings (SSSR count). The van der Waals surface area contributed by atoms with Gasteiger partial charge in [0.2, 0.25) is 15.9 Å². The first-order valence-corrected chi connectivity index (χ1v) is 9.30. The van der Waals surface area contributed by atoms with Gasteiger partial charge >= 0.3 is 0 Å². The lowest BCUT2D eigenvalue weighted by atomic mass is 10.2. The molecule has 0 saturated carbocycles. The van der Waals surface area contributed by atoms with Crippen LogP contribution in [0.25, 0.3) is 0 Å². The number of sulfonamides is 1. The van der Waals surface area contributed by atoms with Crippen LogP contribution in [0.3, 0.4) is 0 Å². The van der Waals surface area contributed by atoms with E-state index in [1.54, 1.807) is 24.3 Å². The molecule has 1 aromatic carbocycles. The Bertz CT molecular complexity index is 593. The number of rotatable bonds is 7. The number of carbonyl (C=O) groups excluding carboxylic acids is 1. The highest BCUT2D eigenvalue weighted by atomic mass is 32.2. The number of nitrogens with one attached hydrogen (secondary N) is 3. The van der Waals surface area contributed by atoms with Gasteiger partial charge in [0.25, 0.3) is 0 Å². The average molecular weight is 325 g/mol. The zero-order valence-electron chi connectivity index (χ0n) is 12.8. The molecule has 0 aromatic heterocycles. The maximum absolute atomic E-state index is 12.0. The second-order valence-corrected chi connectivity index (χ2v) is 7.33. The summed E-state index contributed by atoms with van der Waals surface area (Å²) in [6.07, 6.45) is 3.33. The zero-order valence-corrected chi connectivity index (χ0v) is 13.6. The number of benzene rings is 1. The van der Waals surface area contributed by atoms with Gasteiger partial charge in [-0.3, -0.25) is 9.52 Å². The van der Waals surface area contributed by atoms with E-state index in [4.69, 9.17) is 0 Å². The molecule has 3 N–H and O–H groups in total. The molecule has 1 amide bonds. The predicted molar refractivity (Wildman–Crippen MR) is 88.4 cm³/mol. The Kier molecular flexibility index (Phi) is 5.79. The van der Waals surface area contributed by atoms with Crippen LogP contribution in [0.5, 0.6) is 0 Å². The van der Waals surface area contributed by atoms with Gasteiger partial charge in [-0.2, -0.15) is 0 Å². The quantitative estimate of drug-likeness (QED) is 0.715. The van der Waals surface area contributed by atoms with E-state index in [2.05, 4.69) is 15.4 Å². The van der Waals surface area contributed by atoms with Crippen molar-refractivity contribution in [3.05, 3.63) is 24.3 Å². The Balaban J connectivity index is 1.91. The van der Waals surface area contributed by atoms with Crippen LogP contribution in [0.2, 0.25) is 0 Å². The minimum atomic E-state index is -3.29. The third-order valence-electron chi connectivity index (χ3n) is 3.57. The van der Waals surface area contributed by atoms with Crippen LogP contribution < -0.4 is 15.4 Å². The Hall–Kier alpha value is -1.60. The minimum Gasteiger partial charge on any atom is -0.325 e. The summed E-state index contributed by atoms with van der Waals surface area (Å²) >= 11 is 0. The van der Waals surface area contributed by atoms with Crippen molar-refractivity contribution in [3.63, 3.8) is 0 Å². The molecular formula is C15H23N3O3S. The summed E-state index contributed by atoms with van der Waals surface area (Å²) in [6.45, 7) is 2.82. The van der Waals surface area contributed by atoms with Crippen molar-refractivity contribution in [2.45, 2.75) is 38.6 Å². The van der Waals surface area contributed by atoms with Crippen LogP contribution in [0, 0.1) is 0 Å². The first kappa shape index (κ1) is 16.8. The fourth-order valence-electron chi connectivity index (χ4n) is 2.32. The van der Waals surface area contributed by atoms with Crippen LogP contribution in [-0.4, -0.2) is 32.7 Å². The molecule has 0 radical (unpaired) electrons. The lowest BCUT2D eigenvalue weighted by molar-refractivity contribution is -0.117. The van der Waals surface area contributed by atoms with E-state index in [1.807, 2.05) is 6.92 Å². The molecule has 1 aliphatic heterocycles. The Morgan fingerprint density at radius 1 is 1.27 bits per heavy atom. The number of hydrogen-bond donors (Lipinski definition) is 3. The Morgan fingerprint density at radius 3 is 2.55 bits per heavy atom. The zero-order chi connectivity index (χ0) is 16.0. The summed E-state index contributed by atoms with van der Waals surface area (Å²) in [6, 6.07) is 6.57. The number of anilines is 2. The fraction of sp³-hybridized carbons (Fsp3) is 0.533. The Labute approximate surface area is 131 Å². The van der Waals surface area contributed by atoms with Gasteiger partial charge in [0.15, 0.2) is 0 Å². The Morgan fingerprint density at radius 2 is 1.95 bits per heavy atom. The normalized spacial score (nSPS) is 18.1. The molecule has 0 aliphatic carbocycles. The molecule has 6 nitrogen and oxygen atoms in total. The van der Waals surface area contributed by atoms with Gasteiger partial charge in [-0.15, -0.1) is 0 Å². The minimum absolute atomic E-state index is 0.0474. The van der Waals surface area contributed by atoms with Gasteiger partial charge in [0.1, 0.15) is 0 Å². The predicted octanol–water partition coefficient (Wildman–Crippen LogP) is 1.92. The second-order valence-electron chi connectivity index (χ2n) is 5.49. The van der Waals surface area contributed by atoms with Crippen molar-refractivity contribution in [2.24, 2.45) is 0 Å². The van der Waals surface area contributed by atoms with Crippen molar-refractivity contribution in [3.8, 4) is 0 Å². The van der Waals surface area contributed by atoms with E-state index >= 15 is 0 Å². The molecule has 1 aliphatic rings. The molecule has 1 heterocycles. The monoisotopic (exact) mass is 325 g/mol. The topological polar surface area (TPSA) is 87.3 Å². The molecule has 7 heteroatoms. The number of unbranched alkanes of at least 4 members (excludes halogenated alkanes) is 1. The largest absolute Gasteiger partial charge is 0.325 e. The smallest absolute Gasteiger partial charge is 0.241 e.